The fraction of sp³-hybridized carbons (Fsp3) is 0.300. The van der Waals surface area contributed by atoms with Crippen molar-refractivity contribution < 1.29 is 4.39 Å². The van der Waals surface area contributed by atoms with E-state index in [-0.39, 0.29) is 5.82 Å². The number of benzene rings is 1. The first-order chi connectivity index (χ1) is 6.48. The van der Waals surface area contributed by atoms with E-state index < -0.39 is 5.54 Å². The number of halogens is 1. The Hall–Kier alpha value is -1.42. The molecule has 0 aliphatic heterocycles. The maximum Gasteiger partial charge on any atom is 0.151 e. The first-order valence-corrected chi connectivity index (χ1v) is 4.42. The Bertz CT molecular complexity index is 468. The molecule has 0 saturated carbocycles. The number of aromatic amines is 1. The zero-order chi connectivity index (χ0) is 10.3. The molecule has 0 amide bonds. The molecule has 0 fully saturated rings. The van der Waals surface area contributed by atoms with E-state index in [1.807, 2.05) is 13.8 Å². The van der Waals surface area contributed by atoms with Crippen LogP contribution < -0.4 is 5.73 Å². The third-order valence-corrected chi connectivity index (χ3v) is 2.07. The van der Waals surface area contributed by atoms with Gasteiger partial charge in [-0.15, -0.1) is 0 Å². The normalized spacial score (nSPS) is 12.3. The van der Waals surface area contributed by atoms with Crippen molar-refractivity contribution in [1.29, 1.82) is 0 Å². The van der Waals surface area contributed by atoms with Crippen LogP contribution in [0.25, 0.3) is 11.0 Å². The summed E-state index contributed by atoms with van der Waals surface area (Å²) in [5.41, 5.74) is 6.30. The van der Waals surface area contributed by atoms with Gasteiger partial charge < -0.3 is 10.7 Å². The smallest absolute Gasteiger partial charge is 0.151 e. The number of imidazole rings is 1. The Morgan fingerprint density at radius 3 is 2.71 bits per heavy atom. The van der Waals surface area contributed by atoms with E-state index in [0.29, 0.717) is 16.9 Å². The summed E-state index contributed by atoms with van der Waals surface area (Å²) in [7, 11) is 0. The molecule has 0 aliphatic carbocycles. The summed E-state index contributed by atoms with van der Waals surface area (Å²) in [4.78, 5) is 7.13. The van der Waals surface area contributed by atoms with Gasteiger partial charge in [-0.3, -0.25) is 0 Å². The third-order valence-electron chi connectivity index (χ3n) is 2.07. The summed E-state index contributed by atoms with van der Waals surface area (Å²) in [6.07, 6.45) is 0. The van der Waals surface area contributed by atoms with Gasteiger partial charge in [-0.2, -0.15) is 0 Å². The second-order valence-electron chi connectivity index (χ2n) is 3.94. The molecule has 1 heterocycles. The van der Waals surface area contributed by atoms with Crippen LogP contribution in [0.2, 0.25) is 0 Å². The first-order valence-electron chi connectivity index (χ1n) is 4.42. The number of aromatic nitrogens is 2. The molecule has 1 aromatic carbocycles. The van der Waals surface area contributed by atoms with Crippen molar-refractivity contribution in [3.05, 3.63) is 29.8 Å². The molecule has 74 valence electrons. The van der Waals surface area contributed by atoms with Crippen molar-refractivity contribution >= 4 is 11.0 Å². The summed E-state index contributed by atoms with van der Waals surface area (Å²) in [5.74, 6) is 0.270. The Morgan fingerprint density at radius 1 is 1.43 bits per heavy atom. The van der Waals surface area contributed by atoms with Gasteiger partial charge in [-0.25, -0.2) is 9.37 Å². The number of hydrogen-bond donors (Lipinski definition) is 2. The summed E-state index contributed by atoms with van der Waals surface area (Å²) in [5, 5.41) is 0. The van der Waals surface area contributed by atoms with Crippen LogP contribution in [0.4, 0.5) is 4.39 Å². The maximum atomic E-state index is 13.3. The number of H-pyrrole nitrogens is 1. The highest BCUT2D eigenvalue weighted by Gasteiger charge is 2.19. The van der Waals surface area contributed by atoms with Crippen molar-refractivity contribution in [3.63, 3.8) is 0 Å². The molecule has 1 aromatic heterocycles. The quantitative estimate of drug-likeness (QED) is 0.726. The Balaban J connectivity index is 2.69. The SMILES string of the molecule is CC(C)(N)c1nc2c(F)cccc2[nH]1. The maximum absolute atomic E-state index is 13.3. The van der Waals surface area contributed by atoms with E-state index in [1.54, 1.807) is 12.1 Å². The van der Waals surface area contributed by atoms with E-state index in [9.17, 15) is 4.39 Å². The average Bonchev–Trinajstić information content (AvgIpc) is 2.48. The van der Waals surface area contributed by atoms with Crippen molar-refractivity contribution in [2.45, 2.75) is 19.4 Å². The zero-order valence-corrected chi connectivity index (χ0v) is 8.13. The topological polar surface area (TPSA) is 54.7 Å². The molecule has 0 radical (unpaired) electrons. The second-order valence-corrected chi connectivity index (χ2v) is 3.94. The number of para-hydroxylation sites is 1. The molecule has 0 saturated heterocycles. The zero-order valence-electron chi connectivity index (χ0n) is 8.13. The Morgan fingerprint density at radius 2 is 2.14 bits per heavy atom. The third kappa shape index (κ3) is 1.37. The molecule has 4 heteroatoms. The highest BCUT2D eigenvalue weighted by molar-refractivity contribution is 5.75. The minimum absolute atomic E-state index is 0.325. The molecule has 2 aromatic rings. The van der Waals surface area contributed by atoms with Crippen LogP contribution in [0.3, 0.4) is 0 Å². The number of nitrogens with two attached hydrogens (primary N) is 1. The minimum atomic E-state index is -0.578. The molecule has 0 spiro atoms. The van der Waals surface area contributed by atoms with Gasteiger partial charge in [0, 0.05) is 0 Å². The van der Waals surface area contributed by atoms with Gasteiger partial charge in [-0.1, -0.05) is 6.07 Å². The highest BCUT2D eigenvalue weighted by atomic mass is 19.1. The fourth-order valence-electron chi connectivity index (χ4n) is 1.30. The number of hydrogen-bond acceptors (Lipinski definition) is 2. The molecule has 3 N–H and O–H groups in total. The molecular weight excluding hydrogens is 181 g/mol. The van der Waals surface area contributed by atoms with E-state index >= 15 is 0 Å². The lowest BCUT2D eigenvalue weighted by molar-refractivity contribution is 0.521. The Labute approximate surface area is 81.1 Å². The molecule has 2 rings (SSSR count). The lowest BCUT2D eigenvalue weighted by Gasteiger charge is -2.13. The van der Waals surface area contributed by atoms with Crippen molar-refractivity contribution in [1.82, 2.24) is 9.97 Å². The second kappa shape index (κ2) is 2.78. The van der Waals surface area contributed by atoms with Crippen LogP contribution in [-0.4, -0.2) is 9.97 Å². The van der Waals surface area contributed by atoms with Crippen LogP contribution in [0.1, 0.15) is 19.7 Å². The van der Waals surface area contributed by atoms with Crippen LogP contribution in [0, 0.1) is 5.82 Å². The Kier molecular flexibility index (Phi) is 1.82. The van der Waals surface area contributed by atoms with Crippen LogP contribution in [-0.2, 0) is 5.54 Å². The highest BCUT2D eigenvalue weighted by Crippen LogP contribution is 2.20. The minimum Gasteiger partial charge on any atom is -0.340 e. The molecule has 0 bridgehead atoms. The van der Waals surface area contributed by atoms with Crippen LogP contribution in [0.5, 0.6) is 0 Å². The fourth-order valence-corrected chi connectivity index (χ4v) is 1.30. The van der Waals surface area contributed by atoms with Gasteiger partial charge in [0.15, 0.2) is 5.82 Å². The summed E-state index contributed by atoms with van der Waals surface area (Å²) < 4.78 is 13.3. The summed E-state index contributed by atoms with van der Waals surface area (Å²) >= 11 is 0. The van der Waals surface area contributed by atoms with E-state index in [2.05, 4.69) is 9.97 Å². The van der Waals surface area contributed by atoms with Gasteiger partial charge in [0.2, 0.25) is 0 Å². The number of nitrogens with zero attached hydrogens (tertiary/aromatic N) is 1. The van der Waals surface area contributed by atoms with E-state index in [0.717, 1.165) is 0 Å². The largest absolute Gasteiger partial charge is 0.340 e. The molecule has 14 heavy (non-hydrogen) atoms. The number of fused-ring (bicyclic) bond motifs is 1. The molecule has 3 nitrogen and oxygen atoms in total. The molecule has 0 atom stereocenters. The predicted molar refractivity (Wildman–Crippen MR) is 53.3 cm³/mol. The van der Waals surface area contributed by atoms with Gasteiger partial charge in [0.25, 0.3) is 0 Å². The van der Waals surface area contributed by atoms with Crippen LogP contribution in [0.15, 0.2) is 18.2 Å². The lowest BCUT2D eigenvalue weighted by Crippen LogP contribution is -2.30. The van der Waals surface area contributed by atoms with E-state index in [1.165, 1.54) is 6.07 Å². The summed E-state index contributed by atoms with van der Waals surface area (Å²) in [6, 6.07) is 4.81. The van der Waals surface area contributed by atoms with Gasteiger partial charge >= 0.3 is 0 Å². The predicted octanol–water partition coefficient (Wildman–Crippen LogP) is 1.90. The number of rotatable bonds is 1. The standard InChI is InChI=1S/C10H12FN3/c1-10(2,12)9-13-7-5-3-4-6(11)8(7)14-9/h3-5H,12H2,1-2H3,(H,13,14). The lowest BCUT2D eigenvalue weighted by atomic mass is 10.1. The molecular formula is C10H12FN3. The van der Waals surface area contributed by atoms with E-state index in [4.69, 9.17) is 5.73 Å². The van der Waals surface area contributed by atoms with Crippen molar-refractivity contribution in [3.8, 4) is 0 Å². The van der Waals surface area contributed by atoms with Crippen LogP contribution >= 0.6 is 0 Å². The average molecular weight is 193 g/mol. The van der Waals surface area contributed by atoms with Crippen molar-refractivity contribution in [2.24, 2.45) is 5.73 Å². The monoisotopic (exact) mass is 193 g/mol. The first kappa shape index (κ1) is 9.15. The van der Waals surface area contributed by atoms with Crippen molar-refractivity contribution in [2.75, 3.05) is 0 Å². The number of nitrogens with one attached hydrogen (secondary N) is 1. The van der Waals surface area contributed by atoms with Gasteiger partial charge in [0.05, 0.1) is 11.1 Å². The van der Waals surface area contributed by atoms with Gasteiger partial charge in [-0.05, 0) is 26.0 Å². The molecule has 0 unspecified atom stereocenters. The summed E-state index contributed by atoms with van der Waals surface area (Å²) in [6.45, 7) is 3.64. The molecule has 0 aliphatic rings. The van der Waals surface area contributed by atoms with Gasteiger partial charge in [0.1, 0.15) is 11.3 Å².